The van der Waals surface area contributed by atoms with Gasteiger partial charge in [-0.2, -0.15) is 0 Å². The van der Waals surface area contributed by atoms with Crippen LogP contribution in [0, 0.1) is 23.2 Å². The average molecular weight is 415 g/mol. The lowest BCUT2D eigenvalue weighted by molar-refractivity contribution is -0.160. The Morgan fingerprint density at radius 1 is 1.07 bits per heavy atom. The molecular formula is C24H31ClN2O2. The van der Waals surface area contributed by atoms with Crippen LogP contribution >= 0.6 is 11.6 Å². The van der Waals surface area contributed by atoms with E-state index in [1.807, 2.05) is 36.1 Å². The lowest BCUT2D eigenvalue weighted by Gasteiger charge is -2.56. The smallest absolute Gasteiger partial charge is 0.243 e. The van der Waals surface area contributed by atoms with Crippen LogP contribution in [0.15, 0.2) is 24.3 Å². The van der Waals surface area contributed by atoms with Gasteiger partial charge in [-0.3, -0.25) is 9.59 Å². The van der Waals surface area contributed by atoms with Gasteiger partial charge >= 0.3 is 0 Å². The number of carbonyl (C=O) groups is 2. The van der Waals surface area contributed by atoms with Crippen LogP contribution in [-0.2, 0) is 9.59 Å². The summed E-state index contributed by atoms with van der Waals surface area (Å²) in [5.74, 6) is 2.50. The Hall–Kier alpha value is -1.55. The van der Waals surface area contributed by atoms with Gasteiger partial charge in [0.15, 0.2) is 0 Å². The molecule has 5 fully saturated rings. The second-order valence-corrected chi connectivity index (χ2v) is 10.6. The topological polar surface area (TPSA) is 49.4 Å². The first-order valence-electron chi connectivity index (χ1n) is 11.3. The molecule has 1 N–H and O–H groups in total. The number of likely N-dealkylation sites (tertiary alicyclic amines) is 1. The van der Waals surface area contributed by atoms with Gasteiger partial charge in [-0.25, -0.2) is 0 Å². The molecule has 2 amide bonds. The molecule has 1 saturated heterocycles. The summed E-state index contributed by atoms with van der Waals surface area (Å²) < 4.78 is 0. The summed E-state index contributed by atoms with van der Waals surface area (Å²) in [5, 5.41) is 3.83. The fourth-order valence-electron chi connectivity index (χ4n) is 7.10. The molecule has 156 valence electrons. The van der Waals surface area contributed by atoms with Crippen LogP contribution in [0.25, 0.3) is 0 Å². The third-order valence-electron chi connectivity index (χ3n) is 8.04. The Kier molecular flexibility index (Phi) is 4.89. The Labute approximate surface area is 178 Å². The molecule has 1 aromatic carbocycles. The van der Waals surface area contributed by atoms with Crippen molar-refractivity contribution in [1.82, 2.24) is 10.2 Å². The maximum absolute atomic E-state index is 13.7. The van der Waals surface area contributed by atoms with Gasteiger partial charge in [0.25, 0.3) is 0 Å². The average Bonchev–Trinajstić information content (AvgIpc) is 3.16. The molecule has 4 nitrogen and oxygen atoms in total. The summed E-state index contributed by atoms with van der Waals surface area (Å²) in [6.45, 7) is 2.72. The molecule has 4 saturated carbocycles. The summed E-state index contributed by atoms with van der Waals surface area (Å²) in [6, 6.07) is 7.17. The van der Waals surface area contributed by atoms with E-state index in [0.29, 0.717) is 5.02 Å². The number of carbonyl (C=O) groups excluding carboxylic acids is 2. The number of amides is 2. The Balaban J connectivity index is 1.29. The zero-order valence-electron chi connectivity index (χ0n) is 17.2. The monoisotopic (exact) mass is 414 g/mol. The first kappa shape index (κ1) is 19.4. The highest BCUT2D eigenvalue weighted by molar-refractivity contribution is 6.30. The predicted octanol–water partition coefficient (Wildman–Crippen LogP) is 4.72. The van der Waals surface area contributed by atoms with Crippen LogP contribution < -0.4 is 5.32 Å². The van der Waals surface area contributed by atoms with Crippen LogP contribution in [0.2, 0.25) is 5.02 Å². The quantitative estimate of drug-likeness (QED) is 0.774. The molecule has 1 heterocycles. The molecule has 5 aliphatic rings. The van der Waals surface area contributed by atoms with Crippen molar-refractivity contribution in [1.29, 1.82) is 0 Å². The molecule has 0 radical (unpaired) electrons. The third-order valence-corrected chi connectivity index (χ3v) is 8.29. The van der Waals surface area contributed by atoms with Gasteiger partial charge in [-0.15, -0.1) is 0 Å². The highest BCUT2D eigenvalue weighted by Crippen LogP contribution is 2.60. The highest BCUT2D eigenvalue weighted by atomic mass is 35.5. The lowest BCUT2D eigenvalue weighted by atomic mass is 9.49. The minimum Gasteiger partial charge on any atom is -0.348 e. The summed E-state index contributed by atoms with van der Waals surface area (Å²) in [5.41, 5.74) is 0.860. The standard InChI is InChI=1S/C24H31ClN2O2/c1-15(19-4-6-20(25)7-5-19)26-22(28)21-3-2-8-27(21)23(29)24-12-16-9-17(13-24)11-18(10-16)14-24/h4-7,15-18,21H,2-3,8-14H2,1H3,(H,26,28). The van der Waals surface area contributed by atoms with Gasteiger partial charge in [-0.05, 0) is 93.7 Å². The van der Waals surface area contributed by atoms with Crippen molar-refractivity contribution >= 4 is 23.4 Å². The van der Waals surface area contributed by atoms with Gasteiger partial charge < -0.3 is 10.2 Å². The summed E-state index contributed by atoms with van der Waals surface area (Å²) in [6.07, 6.45) is 8.86. The van der Waals surface area contributed by atoms with Gasteiger partial charge in [0.1, 0.15) is 6.04 Å². The number of nitrogens with zero attached hydrogens (tertiary/aromatic N) is 1. The molecule has 1 aromatic rings. The van der Waals surface area contributed by atoms with Crippen molar-refractivity contribution in [3.05, 3.63) is 34.9 Å². The maximum atomic E-state index is 13.7. The van der Waals surface area contributed by atoms with Gasteiger partial charge in [0, 0.05) is 11.6 Å². The Morgan fingerprint density at radius 2 is 1.66 bits per heavy atom. The van der Waals surface area contributed by atoms with E-state index < -0.39 is 0 Å². The number of benzene rings is 1. The SMILES string of the molecule is CC(NC(=O)C1CCCN1C(=O)C12CC3CC(CC(C3)C1)C2)c1ccc(Cl)cc1. The number of halogens is 1. The van der Waals surface area contributed by atoms with Gasteiger partial charge in [-0.1, -0.05) is 23.7 Å². The largest absolute Gasteiger partial charge is 0.348 e. The van der Waals surface area contributed by atoms with Gasteiger partial charge in [0.2, 0.25) is 11.8 Å². The molecule has 2 atom stereocenters. The van der Waals surface area contributed by atoms with Crippen LogP contribution in [0.3, 0.4) is 0 Å². The van der Waals surface area contributed by atoms with E-state index in [-0.39, 0.29) is 29.3 Å². The van der Waals surface area contributed by atoms with E-state index >= 15 is 0 Å². The highest BCUT2D eigenvalue weighted by Gasteiger charge is 2.56. The van der Waals surface area contributed by atoms with Crippen molar-refractivity contribution in [2.45, 2.75) is 70.4 Å². The van der Waals surface area contributed by atoms with E-state index in [2.05, 4.69) is 5.32 Å². The summed E-state index contributed by atoms with van der Waals surface area (Å²) in [7, 11) is 0. The maximum Gasteiger partial charge on any atom is 0.243 e. The van der Waals surface area contributed by atoms with Crippen LogP contribution in [0.4, 0.5) is 0 Å². The van der Waals surface area contributed by atoms with E-state index in [0.717, 1.165) is 62.0 Å². The molecule has 6 rings (SSSR count). The predicted molar refractivity (Wildman–Crippen MR) is 113 cm³/mol. The van der Waals surface area contributed by atoms with Crippen LogP contribution in [-0.4, -0.2) is 29.3 Å². The fraction of sp³-hybridized carbons (Fsp3) is 0.667. The molecule has 4 bridgehead atoms. The molecule has 2 unspecified atom stereocenters. The Morgan fingerprint density at radius 3 is 2.24 bits per heavy atom. The molecule has 29 heavy (non-hydrogen) atoms. The Bertz CT molecular complexity index is 770. The number of hydrogen-bond donors (Lipinski definition) is 1. The van der Waals surface area contributed by atoms with E-state index in [9.17, 15) is 9.59 Å². The van der Waals surface area contributed by atoms with Gasteiger partial charge in [0.05, 0.1) is 11.5 Å². The summed E-state index contributed by atoms with van der Waals surface area (Å²) >= 11 is 5.98. The zero-order chi connectivity index (χ0) is 20.2. The minimum atomic E-state index is -0.315. The normalized spacial score (nSPS) is 36.3. The molecule has 1 aliphatic heterocycles. The van der Waals surface area contributed by atoms with E-state index in [1.54, 1.807) is 0 Å². The number of nitrogens with one attached hydrogen (secondary N) is 1. The van der Waals surface area contributed by atoms with E-state index in [4.69, 9.17) is 11.6 Å². The number of hydrogen-bond acceptors (Lipinski definition) is 2. The second kappa shape index (κ2) is 7.30. The zero-order valence-corrected chi connectivity index (χ0v) is 18.0. The molecule has 5 heteroatoms. The van der Waals surface area contributed by atoms with Crippen molar-refractivity contribution in [3.8, 4) is 0 Å². The number of rotatable bonds is 4. The lowest BCUT2D eigenvalue weighted by Crippen LogP contribution is -2.57. The second-order valence-electron chi connectivity index (χ2n) is 10.1. The molecule has 4 aliphatic carbocycles. The van der Waals surface area contributed by atoms with Crippen LogP contribution in [0.5, 0.6) is 0 Å². The van der Waals surface area contributed by atoms with Crippen molar-refractivity contribution in [2.75, 3.05) is 6.54 Å². The fourth-order valence-corrected chi connectivity index (χ4v) is 7.23. The molecule has 0 aromatic heterocycles. The van der Waals surface area contributed by atoms with Crippen LogP contribution in [0.1, 0.15) is 69.9 Å². The first-order chi connectivity index (χ1) is 13.9. The van der Waals surface area contributed by atoms with Crippen molar-refractivity contribution in [3.63, 3.8) is 0 Å². The molecule has 0 spiro atoms. The van der Waals surface area contributed by atoms with E-state index in [1.165, 1.54) is 19.3 Å². The third kappa shape index (κ3) is 3.48. The van der Waals surface area contributed by atoms with Crippen molar-refractivity contribution < 1.29 is 9.59 Å². The minimum absolute atomic E-state index is 0.0111. The molecular weight excluding hydrogens is 384 g/mol. The van der Waals surface area contributed by atoms with Crippen molar-refractivity contribution in [2.24, 2.45) is 23.2 Å². The first-order valence-corrected chi connectivity index (χ1v) is 11.7. The summed E-state index contributed by atoms with van der Waals surface area (Å²) in [4.78, 5) is 28.8.